The largest absolute Gasteiger partial charge is 0.363 e. The molecule has 2 N–H and O–H groups in total. The van der Waals surface area contributed by atoms with Gasteiger partial charge in [-0.3, -0.25) is 4.40 Å². The zero-order chi connectivity index (χ0) is 20.3. The van der Waals surface area contributed by atoms with Gasteiger partial charge in [0.2, 0.25) is 0 Å². The lowest BCUT2D eigenvalue weighted by molar-refractivity contribution is 0.400. The van der Waals surface area contributed by atoms with Gasteiger partial charge in [0.1, 0.15) is 5.82 Å². The molecule has 3 aromatic rings. The number of anilines is 1. The van der Waals surface area contributed by atoms with Gasteiger partial charge < -0.3 is 10.6 Å². The van der Waals surface area contributed by atoms with E-state index in [9.17, 15) is 13.6 Å². The smallest absolute Gasteiger partial charge is 0.350 e. The van der Waals surface area contributed by atoms with E-state index >= 15 is 0 Å². The van der Waals surface area contributed by atoms with Crippen LogP contribution in [0.3, 0.4) is 0 Å². The van der Waals surface area contributed by atoms with E-state index in [0.29, 0.717) is 11.2 Å². The van der Waals surface area contributed by atoms with Crippen molar-refractivity contribution in [2.45, 2.75) is 6.54 Å². The number of pyridine rings is 2. The number of hydrogen-bond donors (Lipinski definition) is 1. The summed E-state index contributed by atoms with van der Waals surface area (Å²) >= 11 is 0. The second-order valence-corrected chi connectivity index (χ2v) is 6.20. The second kappa shape index (κ2) is 8.02. The Hall–Kier alpha value is -3.51. The summed E-state index contributed by atoms with van der Waals surface area (Å²) in [5.41, 5.74) is 6.13. The number of hydrogen-bond acceptors (Lipinski definition) is 5. The van der Waals surface area contributed by atoms with Crippen LogP contribution in [0.5, 0.6) is 0 Å². The van der Waals surface area contributed by atoms with Gasteiger partial charge in [-0.15, -0.1) is 5.10 Å². The standard InChI is InChI=1S/C19H18F2N6O/c1-25(2)16-6-5-14(11-23-16)4-3-13-7-8-26-17(9-13)24-27(19(26)28)12-15(10-22)18(20)21/h5-9,11H,10,12,22H2,1-2H3. The van der Waals surface area contributed by atoms with Gasteiger partial charge in [0, 0.05) is 49.7 Å². The third-order valence-corrected chi connectivity index (χ3v) is 4.00. The molecule has 0 saturated carbocycles. The van der Waals surface area contributed by atoms with Crippen LogP contribution >= 0.6 is 0 Å². The molecular weight excluding hydrogens is 366 g/mol. The highest BCUT2D eigenvalue weighted by atomic mass is 19.3. The first-order valence-corrected chi connectivity index (χ1v) is 8.36. The maximum atomic E-state index is 12.8. The van der Waals surface area contributed by atoms with Crippen molar-refractivity contribution < 1.29 is 8.78 Å². The van der Waals surface area contributed by atoms with Crippen molar-refractivity contribution in [2.24, 2.45) is 5.73 Å². The van der Waals surface area contributed by atoms with Crippen molar-refractivity contribution in [2.75, 3.05) is 25.5 Å². The van der Waals surface area contributed by atoms with E-state index in [2.05, 4.69) is 21.9 Å². The summed E-state index contributed by atoms with van der Waals surface area (Å²) in [5.74, 6) is 6.80. The van der Waals surface area contributed by atoms with Crippen molar-refractivity contribution in [3.8, 4) is 11.8 Å². The quantitative estimate of drug-likeness (QED) is 0.689. The van der Waals surface area contributed by atoms with Crippen molar-refractivity contribution >= 4 is 11.5 Å². The van der Waals surface area contributed by atoms with Gasteiger partial charge in [0.15, 0.2) is 5.65 Å². The van der Waals surface area contributed by atoms with Gasteiger partial charge in [0.25, 0.3) is 6.08 Å². The Kier molecular flexibility index (Phi) is 5.52. The van der Waals surface area contributed by atoms with Crippen LogP contribution in [0.2, 0.25) is 0 Å². The predicted octanol–water partition coefficient (Wildman–Crippen LogP) is 1.47. The van der Waals surface area contributed by atoms with Crippen molar-refractivity contribution in [1.82, 2.24) is 19.2 Å². The highest BCUT2D eigenvalue weighted by molar-refractivity contribution is 5.50. The lowest BCUT2D eigenvalue weighted by Gasteiger charge is -2.09. The Morgan fingerprint density at radius 3 is 2.57 bits per heavy atom. The van der Waals surface area contributed by atoms with Crippen LogP contribution in [0.1, 0.15) is 11.1 Å². The minimum absolute atomic E-state index is 0.313. The van der Waals surface area contributed by atoms with Gasteiger partial charge in [0.05, 0.1) is 6.54 Å². The topological polar surface area (TPSA) is 81.5 Å². The minimum atomic E-state index is -1.90. The first-order chi connectivity index (χ1) is 13.4. The fraction of sp³-hybridized carbons (Fsp3) is 0.211. The van der Waals surface area contributed by atoms with Crippen molar-refractivity contribution in [1.29, 1.82) is 0 Å². The molecule has 0 radical (unpaired) electrons. The molecular formula is C19H18F2N6O. The third-order valence-electron chi connectivity index (χ3n) is 4.00. The average Bonchev–Trinajstić information content (AvgIpc) is 2.99. The number of nitrogens with zero attached hydrogens (tertiary/aromatic N) is 5. The van der Waals surface area contributed by atoms with Gasteiger partial charge in [-0.05, 0) is 24.3 Å². The number of aromatic nitrogens is 4. The van der Waals surface area contributed by atoms with E-state index in [4.69, 9.17) is 5.73 Å². The Morgan fingerprint density at radius 2 is 1.96 bits per heavy atom. The predicted molar refractivity (Wildman–Crippen MR) is 102 cm³/mol. The monoisotopic (exact) mass is 384 g/mol. The summed E-state index contributed by atoms with van der Waals surface area (Å²) < 4.78 is 27.8. The summed E-state index contributed by atoms with van der Waals surface area (Å²) in [7, 11) is 3.80. The van der Waals surface area contributed by atoms with E-state index in [1.807, 2.05) is 31.1 Å². The van der Waals surface area contributed by atoms with Gasteiger partial charge in [-0.2, -0.15) is 8.78 Å². The van der Waals surface area contributed by atoms with Gasteiger partial charge in [-0.25, -0.2) is 14.5 Å². The molecule has 0 fully saturated rings. The van der Waals surface area contributed by atoms with Crippen molar-refractivity contribution in [3.63, 3.8) is 0 Å². The van der Waals surface area contributed by atoms with E-state index in [1.54, 1.807) is 18.3 Å². The van der Waals surface area contributed by atoms with Gasteiger partial charge >= 0.3 is 5.69 Å². The van der Waals surface area contributed by atoms with Crippen molar-refractivity contribution in [3.05, 3.63) is 69.9 Å². The van der Waals surface area contributed by atoms with Crippen LogP contribution in [0.15, 0.2) is 53.1 Å². The lowest BCUT2D eigenvalue weighted by Crippen LogP contribution is -2.24. The van der Waals surface area contributed by atoms with E-state index in [-0.39, 0.29) is 18.7 Å². The van der Waals surface area contributed by atoms with E-state index in [1.165, 1.54) is 10.6 Å². The number of halogens is 2. The number of rotatable bonds is 4. The highest BCUT2D eigenvalue weighted by Gasteiger charge is 2.11. The van der Waals surface area contributed by atoms with Crippen LogP contribution in [-0.2, 0) is 6.54 Å². The van der Waals surface area contributed by atoms with Crippen LogP contribution in [0.25, 0.3) is 5.65 Å². The molecule has 0 aliphatic rings. The number of nitrogens with two attached hydrogens (primary N) is 1. The fourth-order valence-electron chi connectivity index (χ4n) is 2.45. The third kappa shape index (κ3) is 4.07. The van der Waals surface area contributed by atoms with Crippen LogP contribution in [0, 0.1) is 11.8 Å². The molecule has 7 nitrogen and oxygen atoms in total. The first kappa shape index (κ1) is 19.3. The number of fused-ring (bicyclic) bond motifs is 1. The van der Waals surface area contributed by atoms with Gasteiger partial charge in [-0.1, -0.05) is 11.8 Å². The average molecular weight is 384 g/mol. The van der Waals surface area contributed by atoms with E-state index < -0.39 is 11.8 Å². The summed E-state index contributed by atoms with van der Waals surface area (Å²) in [4.78, 5) is 18.5. The fourth-order valence-corrected chi connectivity index (χ4v) is 2.45. The SMILES string of the molecule is CN(C)c1ccc(C#Cc2ccn3c(=O)n(CC(CN)=C(F)F)nc3c2)cn1. The summed E-state index contributed by atoms with van der Waals surface area (Å²) in [6.45, 7) is -0.704. The molecule has 0 spiro atoms. The Balaban J connectivity index is 1.89. The molecule has 0 unspecified atom stereocenters. The lowest BCUT2D eigenvalue weighted by atomic mass is 10.2. The molecule has 3 rings (SSSR count). The normalized spacial score (nSPS) is 10.5. The summed E-state index contributed by atoms with van der Waals surface area (Å²) in [6.07, 6.45) is 1.29. The second-order valence-electron chi connectivity index (χ2n) is 6.20. The molecule has 9 heteroatoms. The molecule has 3 aromatic heterocycles. The first-order valence-electron chi connectivity index (χ1n) is 8.36. The molecule has 0 aliphatic heterocycles. The molecule has 3 heterocycles. The highest BCUT2D eigenvalue weighted by Crippen LogP contribution is 2.10. The Bertz CT molecular complexity index is 1150. The molecule has 0 aliphatic carbocycles. The maximum Gasteiger partial charge on any atom is 0.350 e. The minimum Gasteiger partial charge on any atom is -0.363 e. The Morgan fingerprint density at radius 1 is 1.21 bits per heavy atom. The molecule has 0 aromatic carbocycles. The summed E-state index contributed by atoms with van der Waals surface area (Å²) in [6, 6.07) is 6.99. The Labute approximate surface area is 159 Å². The van der Waals surface area contributed by atoms with E-state index in [0.717, 1.165) is 16.1 Å². The zero-order valence-electron chi connectivity index (χ0n) is 15.4. The van der Waals surface area contributed by atoms with Crippen LogP contribution < -0.4 is 16.3 Å². The molecule has 28 heavy (non-hydrogen) atoms. The molecule has 144 valence electrons. The summed E-state index contributed by atoms with van der Waals surface area (Å²) in [5, 5.41) is 4.09. The molecule has 0 bridgehead atoms. The molecule has 0 amide bonds. The molecule has 0 atom stereocenters. The zero-order valence-corrected chi connectivity index (χ0v) is 15.4. The molecule has 0 saturated heterocycles. The van der Waals surface area contributed by atoms with Crippen LogP contribution in [-0.4, -0.2) is 39.8 Å². The maximum absolute atomic E-state index is 12.8. The van der Waals surface area contributed by atoms with Crippen LogP contribution in [0.4, 0.5) is 14.6 Å².